The third-order valence-corrected chi connectivity index (χ3v) is 6.22. The van der Waals surface area contributed by atoms with Gasteiger partial charge >= 0.3 is 11.9 Å². The molecule has 8 heteroatoms. The first-order valence-corrected chi connectivity index (χ1v) is 9.95. The van der Waals surface area contributed by atoms with Gasteiger partial charge < -0.3 is 14.8 Å². The molecule has 1 N–H and O–H groups in total. The van der Waals surface area contributed by atoms with E-state index in [2.05, 4.69) is 10.1 Å². The van der Waals surface area contributed by atoms with Crippen molar-refractivity contribution in [3.63, 3.8) is 0 Å². The van der Waals surface area contributed by atoms with Crippen LogP contribution < -0.4 is 5.32 Å². The zero-order valence-corrected chi connectivity index (χ0v) is 16.3. The van der Waals surface area contributed by atoms with E-state index < -0.39 is 38.5 Å². The molecule has 1 aliphatic heterocycles. The second-order valence-electron chi connectivity index (χ2n) is 7.31. The summed E-state index contributed by atoms with van der Waals surface area (Å²) in [5.41, 5.74) is -0.460. The van der Waals surface area contributed by atoms with Crippen molar-refractivity contribution in [2.75, 3.05) is 20.2 Å². The number of nitrogens with one attached hydrogen (secondary N) is 1. The van der Waals surface area contributed by atoms with Crippen molar-refractivity contribution in [3.05, 3.63) is 29.8 Å². The number of carbonyl (C=O) groups excluding carboxylic acids is 2. The lowest BCUT2D eigenvalue weighted by molar-refractivity contribution is -0.160. The number of hydrogen-bond acceptors (Lipinski definition) is 7. The molecular weight excluding hydrogens is 358 g/mol. The van der Waals surface area contributed by atoms with E-state index in [1.165, 1.54) is 31.4 Å². The first-order valence-electron chi connectivity index (χ1n) is 8.40. The number of esters is 2. The highest BCUT2D eigenvalue weighted by atomic mass is 32.2. The van der Waals surface area contributed by atoms with Crippen LogP contribution in [0.3, 0.4) is 0 Å². The highest BCUT2D eigenvalue weighted by Crippen LogP contribution is 2.26. The Bertz CT molecular complexity index is 781. The lowest BCUT2D eigenvalue weighted by Gasteiger charge is -2.30. The number of ether oxygens (including phenoxy) is 2. The van der Waals surface area contributed by atoms with Crippen molar-refractivity contribution in [3.8, 4) is 0 Å². The van der Waals surface area contributed by atoms with Gasteiger partial charge in [0, 0.05) is 13.1 Å². The summed E-state index contributed by atoms with van der Waals surface area (Å²) in [6, 6.07) is 5.74. The van der Waals surface area contributed by atoms with Crippen molar-refractivity contribution in [1.29, 1.82) is 0 Å². The monoisotopic (exact) mass is 383 g/mol. The number of rotatable bonds is 4. The summed E-state index contributed by atoms with van der Waals surface area (Å²) in [7, 11) is -2.48. The minimum absolute atomic E-state index is 0.0389. The van der Waals surface area contributed by atoms with Crippen LogP contribution in [0.1, 0.15) is 37.6 Å². The maximum atomic E-state index is 13.0. The number of methoxy groups -OCH3 is 1. The van der Waals surface area contributed by atoms with Crippen LogP contribution >= 0.6 is 0 Å². The lowest BCUT2D eigenvalue weighted by Crippen LogP contribution is -2.47. The topological polar surface area (TPSA) is 98.8 Å². The van der Waals surface area contributed by atoms with Gasteiger partial charge in [-0.15, -0.1) is 0 Å². The van der Waals surface area contributed by atoms with Crippen LogP contribution in [0.25, 0.3) is 0 Å². The highest BCUT2D eigenvalue weighted by molar-refractivity contribution is 7.92. The van der Waals surface area contributed by atoms with Crippen LogP contribution in [0.15, 0.2) is 29.2 Å². The summed E-state index contributed by atoms with van der Waals surface area (Å²) in [5.74, 6) is -1.55. The third-order valence-electron chi connectivity index (χ3n) is 4.07. The number of benzene rings is 1. The molecule has 7 nitrogen and oxygen atoms in total. The standard InChI is InChI=1S/C18H25NO6S/c1-18(2,3)25-17(21)13-9-15(11-19-10-13)26(22,23)14-7-5-6-12(8-14)16(20)24-4/h5-8,13,15,19H,9-11H2,1-4H3. The summed E-state index contributed by atoms with van der Waals surface area (Å²) in [6.45, 7) is 5.93. The molecule has 2 unspecified atom stereocenters. The van der Waals surface area contributed by atoms with Crippen LogP contribution in [-0.4, -0.2) is 51.4 Å². The van der Waals surface area contributed by atoms with Crippen LogP contribution in [0.2, 0.25) is 0 Å². The smallest absolute Gasteiger partial charge is 0.337 e. The molecule has 26 heavy (non-hydrogen) atoms. The molecule has 144 valence electrons. The van der Waals surface area contributed by atoms with Crippen molar-refractivity contribution in [1.82, 2.24) is 5.32 Å². The van der Waals surface area contributed by atoms with E-state index in [-0.39, 0.29) is 23.4 Å². The molecule has 2 rings (SSSR count). The molecule has 1 saturated heterocycles. The molecule has 0 radical (unpaired) electrons. The van der Waals surface area contributed by atoms with Crippen molar-refractivity contribution in [2.24, 2.45) is 5.92 Å². The number of sulfone groups is 1. The number of hydrogen-bond donors (Lipinski definition) is 1. The highest BCUT2D eigenvalue weighted by Gasteiger charge is 2.37. The molecule has 1 heterocycles. The molecule has 0 amide bonds. The molecule has 1 fully saturated rings. The van der Waals surface area contributed by atoms with E-state index in [0.717, 1.165) is 0 Å². The van der Waals surface area contributed by atoms with Crippen LogP contribution in [0, 0.1) is 5.92 Å². The Morgan fingerprint density at radius 2 is 1.88 bits per heavy atom. The van der Waals surface area contributed by atoms with Crippen molar-refractivity contribution < 1.29 is 27.5 Å². The van der Waals surface area contributed by atoms with Gasteiger partial charge in [-0.3, -0.25) is 4.79 Å². The van der Waals surface area contributed by atoms with E-state index in [9.17, 15) is 18.0 Å². The fourth-order valence-corrected chi connectivity index (χ4v) is 4.58. The summed E-state index contributed by atoms with van der Waals surface area (Å²) in [4.78, 5) is 24.0. The zero-order chi connectivity index (χ0) is 19.5. The predicted octanol–water partition coefficient (Wildman–Crippen LogP) is 1.57. The van der Waals surface area contributed by atoms with Crippen molar-refractivity contribution >= 4 is 21.8 Å². The first-order chi connectivity index (χ1) is 12.0. The first kappa shape index (κ1) is 20.4. The Hall–Kier alpha value is -1.93. The SMILES string of the molecule is COC(=O)c1cccc(S(=O)(=O)C2CNCC(C(=O)OC(C)(C)C)C2)c1. The molecule has 1 aromatic rings. The Morgan fingerprint density at radius 1 is 1.19 bits per heavy atom. The Morgan fingerprint density at radius 3 is 2.50 bits per heavy atom. The van der Waals surface area contributed by atoms with E-state index in [4.69, 9.17) is 4.74 Å². The maximum absolute atomic E-state index is 13.0. The fourth-order valence-electron chi connectivity index (χ4n) is 2.81. The Balaban J connectivity index is 2.21. The second-order valence-corrected chi connectivity index (χ2v) is 9.54. The van der Waals surface area contributed by atoms with Gasteiger partial charge in [-0.2, -0.15) is 0 Å². The minimum atomic E-state index is -3.71. The quantitative estimate of drug-likeness (QED) is 0.788. The second kappa shape index (κ2) is 7.75. The van der Waals surface area contributed by atoms with Gasteiger partial charge in [0.15, 0.2) is 9.84 Å². The summed E-state index contributed by atoms with van der Waals surface area (Å²) in [6.07, 6.45) is 0.173. The van der Waals surface area contributed by atoms with Gasteiger partial charge in [-0.25, -0.2) is 13.2 Å². The molecule has 0 aliphatic carbocycles. The molecule has 2 atom stereocenters. The fraction of sp³-hybridized carbons (Fsp3) is 0.556. The maximum Gasteiger partial charge on any atom is 0.337 e. The average Bonchev–Trinajstić information content (AvgIpc) is 2.59. The molecule has 0 bridgehead atoms. The molecule has 1 aromatic carbocycles. The Kier molecular flexibility index (Phi) is 6.08. The summed E-state index contributed by atoms with van der Waals surface area (Å²) >= 11 is 0. The van der Waals surface area contributed by atoms with E-state index in [1.54, 1.807) is 20.8 Å². The molecule has 0 spiro atoms. The van der Waals surface area contributed by atoms with Gasteiger partial charge in [0.1, 0.15) is 5.60 Å². The molecule has 1 aliphatic rings. The number of piperidine rings is 1. The van der Waals surface area contributed by atoms with Gasteiger partial charge in [0.05, 0.1) is 28.7 Å². The molecule has 0 saturated carbocycles. The van der Waals surface area contributed by atoms with Gasteiger partial charge in [0.25, 0.3) is 0 Å². The van der Waals surface area contributed by atoms with Crippen LogP contribution in [-0.2, 0) is 24.1 Å². The number of carbonyl (C=O) groups is 2. The van der Waals surface area contributed by atoms with Crippen molar-refractivity contribution in [2.45, 2.75) is 42.9 Å². The van der Waals surface area contributed by atoms with Crippen LogP contribution in [0.5, 0.6) is 0 Å². The normalized spacial score (nSPS) is 21.1. The van der Waals surface area contributed by atoms with Gasteiger partial charge in [-0.05, 0) is 45.4 Å². The van der Waals surface area contributed by atoms with Crippen LogP contribution in [0.4, 0.5) is 0 Å². The zero-order valence-electron chi connectivity index (χ0n) is 15.4. The predicted molar refractivity (Wildman–Crippen MR) is 95.6 cm³/mol. The summed E-state index contributed by atoms with van der Waals surface area (Å²) in [5, 5.41) is 2.23. The minimum Gasteiger partial charge on any atom is -0.465 e. The molecular formula is C18H25NO6S. The van der Waals surface area contributed by atoms with Gasteiger partial charge in [0.2, 0.25) is 0 Å². The largest absolute Gasteiger partial charge is 0.465 e. The third kappa shape index (κ3) is 4.82. The van der Waals surface area contributed by atoms with E-state index >= 15 is 0 Å². The average molecular weight is 383 g/mol. The van der Waals surface area contributed by atoms with E-state index in [1.807, 2.05) is 0 Å². The Labute approximate surface area is 154 Å². The van der Waals surface area contributed by atoms with Gasteiger partial charge in [-0.1, -0.05) is 6.07 Å². The summed E-state index contributed by atoms with van der Waals surface area (Å²) < 4.78 is 35.9. The molecule has 0 aromatic heterocycles. The lowest BCUT2D eigenvalue weighted by atomic mass is 9.99. The van der Waals surface area contributed by atoms with E-state index in [0.29, 0.717) is 6.54 Å².